The molecule has 0 radical (unpaired) electrons. The molecule has 2 fully saturated rings. The maximum absolute atomic E-state index is 13.5. The molecule has 10 nitrogen and oxygen atoms in total. The Labute approximate surface area is 213 Å². The first-order valence-corrected chi connectivity index (χ1v) is 12.8. The molecular formula is C26H41N3O7. The van der Waals surface area contributed by atoms with E-state index in [2.05, 4.69) is 10.6 Å². The van der Waals surface area contributed by atoms with Gasteiger partial charge in [0.15, 0.2) is 11.5 Å². The topological polar surface area (TPSA) is 119 Å². The summed E-state index contributed by atoms with van der Waals surface area (Å²) < 4.78 is 22.0. The first-order valence-electron chi connectivity index (χ1n) is 12.8. The van der Waals surface area contributed by atoms with Gasteiger partial charge in [-0.25, -0.2) is 4.79 Å². The van der Waals surface area contributed by atoms with Gasteiger partial charge in [0, 0.05) is 57.3 Å². The fourth-order valence-corrected chi connectivity index (χ4v) is 4.72. The number of aliphatic hydroxyl groups is 1. The number of nitrogens with one attached hydrogen (secondary N) is 2. The third kappa shape index (κ3) is 7.47. The molecule has 0 spiro atoms. The fraction of sp³-hybridized carbons (Fsp3) is 0.692. The van der Waals surface area contributed by atoms with E-state index in [0.29, 0.717) is 56.3 Å². The van der Waals surface area contributed by atoms with E-state index in [4.69, 9.17) is 18.9 Å². The van der Waals surface area contributed by atoms with E-state index in [1.807, 2.05) is 13.8 Å². The van der Waals surface area contributed by atoms with Gasteiger partial charge in [-0.3, -0.25) is 4.79 Å². The minimum Gasteiger partial charge on any atom is -0.493 e. The SMILES string of the molecule is COCCCOc1cc(C(=O)N(C[C@H]2CNC[C@H]2OC(=O)N[C@@H]2CCC[C@H]2O)C(C)C)ccc1OC. The van der Waals surface area contributed by atoms with Gasteiger partial charge in [0.25, 0.3) is 5.91 Å². The average molecular weight is 508 g/mol. The van der Waals surface area contributed by atoms with Crippen molar-refractivity contribution in [2.24, 2.45) is 5.92 Å². The summed E-state index contributed by atoms with van der Waals surface area (Å²) in [6, 6.07) is 4.86. The zero-order valence-electron chi connectivity index (χ0n) is 21.8. The molecule has 2 amide bonds. The van der Waals surface area contributed by atoms with Gasteiger partial charge in [0.05, 0.1) is 25.9 Å². The van der Waals surface area contributed by atoms with Crippen LogP contribution >= 0.6 is 0 Å². The van der Waals surface area contributed by atoms with Crippen LogP contribution in [0.3, 0.4) is 0 Å². The highest BCUT2D eigenvalue weighted by molar-refractivity contribution is 5.95. The Bertz CT molecular complexity index is 866. The van der Waals surface area contributed by atoms with Crippen LogP contribution < -0.4 is 20.1 Å². The van der Waals surface area contributed by atoms with E-state index in [1.54, 1.807) is 37.3 Å². The zero-order chi connectivity index (χ0) is 26.1. The van der Waals surface area contributed by atoms with Crippen LogP contribution in [0, 0.1) is 5.92 Å². The lowest BCUT2D eigenvalue weighted by atomic mass is 10.0. The van der Waals surface area contributed by atoms with Crippen molar-refractivity contribution in [2.45, 2.75) is 63.8 Å². The third-order valence-electron chi connectivity index (χ3n) is 6.80. The molecule has 1 aromatic rings. The van der Waals surface area contributed by atoms with Crippen LogP contribution in [0.5, 0.6) is 11.5 Å². The Morgan fingerprint density at radius 2 is 1.97 bits per heavy atom. The number of amides is 2. The molecule has 1 aliphatic heterocycles. The monoisotopic (exact) mass is 507 g/mol. The van der Waals surface area contributed by atoms with Gasteiger partial charge < -0.3 is 39.6 Å². The molecule has 0 bridgehead atoms. The lowest BCUT2D eigenvalue weighted by Gasteiger charge is -2.31. The molecule has 1 aliphatic carbocycles. The largest absolute Gasteiger partial charge is 0.493 e. The maximum Gasteiger partial charge on any atom is 0.407 e. The average Bonchev–Trinajstić information content (AvgIpc) is 3.47. The Morgan fingerprint density at radius 3 is 2.64 bits per heavy atom. The van der Waals surface area contributed by atoms with Crippen LogP contribution in [0.4, 0.5) is 4.79 Å². The molecule has 36 heavy (non-hydrogen) atoms. The Morgan fingerprint density at radius 1 is 1.17 bits per heavy atom. The molecule has 0 unspecified atom stereocenters. The summed E-state index contributed by atoms with van der Waals surface area (Å²) in [5.74, 6) is 0.891. The van der Waals surface area contributed by atoms with E-state index >= 15 is 0 Å². The quantitative estimate of drug-likeness (QED) is 0.369. The number of nitrogens with zero attached hydrogens (tertiary/aromatic N) is 1. The lowest BCUT2D eigenvalue weighted by molar-refractivity contribution is 0.0491. The number of carbonyl (C=O) groups excluding carboxylic acids is 2. The number of methoxy groups -OCH3 is 2. The molecule has 3 N–H and O–H groups in total. The van der Waals surface area contributed by atoms with E-state index < -0.39 is 12.2 Å². The minimum absolute atomic E-state index is 0.0568. The van der Waals surface area contributed by atoms with Gasteiger partial charge in [-0.05, 0) is 51.3 Å². The predicted molar refractivity (Wildman–Crippen MR) is 135 cm³/mol. The molecule has 1 heterocycles. The number of alkyl carbamates (subject to hydrolysis) is 1. The van der Waals surface area contributed by atoms with Crippen LogP contribution in [-0.4, -0.2) is 93.4 Å². The van der Waals surface area contributed by atoms with Crippen LogP contribution in [0.2, 0.25) is 0 Å². The molecule has 202 valence electrons. The van der Waals surface area contributed by atoms with Crippen molar-refractivity contribution < 1.29 is 33.6 Å². The van der Waals surface area contributed by atoms with E-state index in [9.17, 15) is 14.7 Å². The summed E-state index contributed by atoms with van der Waals surface area (Å²) in [5, 5.41) is 16.0. The normalized spacial score (nSPS) is 23.5. The van der Waals surface area contributed by atoms with Gasteiger partial charge in [-0.15, -0.1) is 0 Å². The summed E-state index contributed by atoms with van der Waals surface area (Å²) in [7, 11) is 3.21. The molecule has 2 aliphatic rings. The number of benzene rings is 1. The molecule has 4 atom stereocenters. The number of aliphatic hydroxyl groups excluding tert-OH is 1. The molecule has 1 saturated heterocycles. The highest BCUT2D eigenvalue weighted by atomic mass is 16.6. The molecular weight excluding hydrogens is 466 g/mol. The van der Waals surface area contributed by atoms with Crippen molar-refractivity contribution >= 4 is 12.0 Å². The second-order valence-corrected chi connectivity index (χ2v) is 9.72. The van der Waals surface area contributed by atoms with E-state index in [-0.39, 0.29) is 30.0 Å². The highest BCUT2D eigenvalue weighted by Gasteiger charge is 2.35. The van der Waals surface area contributed by atoms with Gasteiger partial charge >= 0.3 is 6.09 Å². The predicted octanol–water partition coefficient (Wildman–Crippen LogP) is 2.19. The molecule has 1 aromatic carbocycles. The third-order valence-corrected chi connectivity index (χ3v) is 6.80. The number of hydrogen-bond donors (Lipinski definition) is 3. The number of carbonyl (C=O) groups is 2. The summed E-state index contributed by atoms with van der Waals surface area (Å²) in [6.07, 6.45) is 1.63. The van der Waals surface area contributed by atoms with Gasteiger partial charge in [-0.2, -0.15) is 0 Å². The number of rotatable bonds is 12. The van der Waals surface area contributed by atoms with Gasteiger partial charge in [-0.1, -0.05) is 0 Å². The Balaban J connectivity index is 1.64. The lowest BCUT2D eigenvalue weighted by Crippen LogP contribution is -2.46. The standard InChI is InChI=1S/C26H41N3O7/c1-17(2)29(25(31)18-9-10-22(34-4)23(13-18)35-12-6-11-33-3)16-19-14-27-15-24(19)36-26(32)28-20-7-5-8-21(20)30/h9-10,13,17,19-21,24,27,30H,5-8,11-12,14-16H2,1-4H3,(H,28,32)/t19-,20-,21-,24-/m1/s1. The van der Waals surface area contributed by atoms with Crippen LogP contribution in [0.1, 0.15) is 49.9 Å². The smallest absolute Gasteiger partial charge is 0.407 e. The summed E-state index contributed by atoms with van der Waals surface area (Å²) in [4.78, 5) is 27.8. The number of hydrogen-bond acceptors (Lipinski definition) is 8. The first kappa shape index (κ1) is 28.0. The van der Waals surface area contributed by atoms with Crippen molar-refractivity contribution in [3.05, 3.63) is 23.8 Å². The minimum atomic E-state index is -0.526. The van der Waals surface area contributed by atoms with Gasteiger partial charge in [0.2, 0.25) is 0 Å². The Kier molecular flexibility index (Phi) is 10.6. The van der Waals surface area contributed by atoms with Crippen molar-refractivity contribution in [1.29, 1.82) is 0 Å². The van der Waals surface area contributed by atoms with E-state index in [1.165, 1.54) is 0 Å². The molecule has 3 rings (SSSR count). The Hall–Kier alpha value is -2.56. The van der Waals surface area contributed by atoms with Crippen molar-refractivity contribution in [1.82, 2.24) is 15.5 Å². The van der Waals surface area contributed by atoms with Crippen molar-refractivity contribution in [3.63, 3.8) is 0 Å². The summed E-state index contributed by atoms with van der Waals surface area (Å²) >= 11 is 0. The summed E-state index contributed by atoms with van der Waals surface area (Å²) in [5.41, 5.74) is 0.502. The van der Waals surface area contributed by atoms with Crippen LogP contribution in [0.15, 0.2) is 18.2 Å². The highest BCUT2D eigenvalue weighted by Crippen LogP contribution is 2.29. The molecule has 10 heteroatoms. The van der Waals surface area contributed by atoms with E-state index in [0.717, 1.165) is 19.3 Å². The van der Waals surface area contributed by atoms with Crippen LogP contribution in [-0.2, 0) is 9.47 Å². The second-order valence-electron chi connectivity index (χ2n) is 9.72. The van der Waals surface area contributed by atoms with Crippen molar-refractivity contribution in [3.8, 4) is 11.5 Å². The second kappa shape index (κ2) is 13.7. The molecule has 0 aromatic heterocycles. The molecule has 1 saturated carbocycles. The first-order chi connectivity index (χ1) is 17.3. The summed E-state index contributed by atoms with van der Waals surface area (Å²) in [6.45, 7) is 6.56. The number of ether oxygens (including phenoxy) is 4. The maximum atomic E-state index is 13.5. The van der Waals surface area contributed by atoms with Crippen molar-refractivity contribution in [2.75, 3.05) is 47.1 Å². The zero-order valence-corrected chi connectivity index (χ0v) is 21.8. The van der Waals surface area contributed by atoms with Crippen LogP contribution in [0.25, 0.3) is 0 Å². The van der Waals surface area contributed by atoms with Gasteiger partial charge in [0.1, 0.15) is 6.10 Å². The fourth-order valence-electron chi connectivity index (χ4n) is 4.72.